The van der Waals surface area contributed by atoms with Gasteiger partial charge in [-0.3, -0.25) is 0 Å². The molecule has 0 amide bonds. The SMILES string of the molecule is Cc1cccc(C(=O)O)c1Oc1ccccc1S(C)(=O)=O. The largest absolute Gasteiger partial charge is 0.478 e. The molecular weight excluding hydrogens is 292 g/mol. The number of carboxylic acids is 1. The molecule has 2 aromatic carbocycles. The van der Waals surface area contributed by atoms with E-state index in [1.807, 2.05) is 0 Å². The Labute approximate surface area is 122 Å². The van der Waals surface area contributed by atoms with Crippen LogP contribution in [0.15, 0.2) is 47.4 Å². The predicted molar refractivity (Wildman–Crippen MR) is 77.8 cm³/mol. The zero-order valence-corrected chi connectivity index (χ0v) is 12.3. The average Bonchev–Trinajstić information content (AvgIpc) is 2.40. The first kappa shape index (κ1) is 15.1. The molecule has 0 saturated carbocycles. The van der Waals surface area contributed by atoms with E-state index in [1.54, 1.807) is 31.2 Å². The molecule has 2 rings (SSSR count). The molecule has 0 aromatic heterocycles. The van der Waals surface area contributed by atoms with Gasteiger partial charge in [0.25, 0.3) is 0 Å². The number of para-hydroxylation sites is 2. The van der Waals surface area contributed by atoms with E-state index >= 15 is 0 Å². The van der Waals surface area contributed by atoms with Gasteiger partial charge < -0.3 is 9.84 Å². The van der Waals surface area contributed by atoms with Crippen LogP contribution in [0.25, 0.3) is 0 Å². The van der Waals surface area contributed by atoms with Gasteiger partial charge in [0.15, 0.2) is 9.84 Å². The molecule has 0 spiro atoms. The second-order valence-corrected chi connectivity index (χ2v) is 6.56. The lowest BCUT2D eigenvalue weighted by molar-refractivity contribution is 0.0694. The van der Waals surface area contributed by atoms with E-state index in [2.05, 4.69) is 0 Å². The van der Waals surface area contributed by atoms with Crippen molar-refractivity contribution in [3.8, 4) is 11.5 Å². The van der Waals surface area contributed by atoms with Crippen molar-refractivity contribution in [2.45, 2.75) is 11.8 Å². The summed E-state index contributed by atoms with van der Waals surface area (Å²) in [4.78, 5) is 11.3. The third-order valence-electron chi connectivity index (χ3n) is 2.90. The molecule has 0 radical (unpaired) electrons. The van der Waals surface area contributed by atoms with Crippen molar-refractivity contribution in [3.63, 3.8) is 0 Å². The number of hydrogen-bond acceptors (Lipinski definition) is 4. The molecule has 0 heterocycles. The summed E-state index contributed by atoms with van der Waals surface area (Å²) >= 11 is 0. The number of carbonyl (C=O) groups is 1. The smallest absolute Gasteiger partial charge is 0.339 e. The van der Waals surface area contributed by atoms with Crippen LogP contribution in [-0.4, -0.2) is 25.7 Å². The number of carboxylic acid groups (broad SMARTS) is 1. The van der Waals surface area contributed by atoms with Crippen molar-refractivity contribution in [2.75, 3.05) is 6.26 Å². The standard InChI is InChI=1S/C15H14O5S/c1-10-6-5-7-11(15(16)17)14(10)20-12-8-3-4-9-13(12)21(2,18)19/h3-9H,1-2H3,(H,16,17). The third kappa shape index (κ3) is 3.22. The number of benzene rings is 2. The first-order valence-corrected chi connectivity index (χ1v) is 7.99. The second kappa shape index (κ2) is 5.57. The summed E-state index contributed by atoms with van der Waals surface area (Å²) in [6.07, 6.45) is 1.07. The first-order chi connectivity index (χ1) is 9.80. The Balaban J connectivity index is 2.57. The summed E-state index contributed by atoms with van der Waals surface area (Å²) in [7, 11) is -3.47. The Kier molecular flexibility index (Phi) is 3.99. The van der Waals surface area contributed by atoms with Crippen molar-refractivity contribution in [3.05, 3.63) is 53.6 Å². The number of sulfone groups is 1. The maximum atomic E-state index is 11.8. The number of aryl methyl sites for hydroxylation is 1. The maximum Gasteiger partial charge on any atom is 0.339 e. The predicted octanol–water partition coefficient (Wildman–Crippen LogP) is 2.89. The maximum absolute atomic E-state index is 11.8. The minimum atomic E-state index is -3.47. The highest BCUT2D eigenvalue weighted by molar-refractivity contribution is 7.90. The lowest BCUT2D eigenvalue weighted by Crippen LogP contribution is -2.04. The number of hydrogen-bond donors (Lipinski definition) is 1. The van der Waals surface area contributed by atoms with Gasteiger partial charge in [0.2, 0.25) is 0 Å². The van der Waals surface area contributed by atoms with Crippen LogP contribution in [-0.2, 0) is 9.84 Å². The van der Waals surface area contributed by atoms with E-state index < -0.39 is 15.8 Å². The second-order valence-electron chi connectivity index (χ2n) is 4.58. The molecule has 2 aromatic rings. The number of rotatable bonds is 4. The van der Waals surface area contributed by atoms with E-state index in [4.69, 9.17) is 4.74 Å². The van der Waals surface area contributed by atoms with Gasteiger partial charge in [0, 0.05) is 6.26 Å². The molecule has 0 unspecified atom stereocenters. The molecule has 0 aliphatic rings. The first-order valence-electron chi connectivity index (χ1n) is 6.10. The quantitative estimate of drug-likeness (QED) is 0.939. The molecule has 0 fully saturated rings. The monoisotopic (exact) mass is 306 g/mol. The molecule has 0 atom stereocenters. The topological polar surface area (TPSA) is 80.7 Å². The van der Waals surface area contributed by atoms with Crippen LogP contribution in [0.1, 0.15) is 15.9 Å². The highest BCUT2D eigenvalue weighted by Crippen LogP contribution is 2.33. The van der Waals surface area contributed by atoms with E-state index in [9.17, 15) is 18.3 Å². The van der Waals surface area contributed by atoms with E-state index in [-0.39, 0.29) is 22.0 Å². The van der Waals surface area contributed by atoms with Crippen LogP contribution >= 0.6 is 0 Å². The highest BCUT2D eigenvalue weighted by Gasteiger charge is 2.18. The van der Waals surface area contributed by atoms with Crippen LogP contribution < -0.4 is 4.74 Å². The summed E-state index contributed by atoms with van der Waals surface area (Å²) in [5.41, 5.74) is 0.594. The number of ether oxygens (including phenoxy) is 1. The van der Waals surface area contributed by atoms with Crippen LogP contribution in [0.2, 0.25) is 0 Å². The van der Waals surface area contributed by atoms with Crippen molar-refractivity contribution in [1.29, 1.82) is 0 Å². The van der Waals surface area contributed by atoms with Gasteiger partial charge in [-0.15, -0.1) is 0 Å². The Bertz CT molecular complexity index is 793. The zero-order valence-electron chi connectivity index (χ0n) is 11.5. The van der Waals surface area contributed by atoms with Crippen LogP contribution in [0.4, 0.5) is 0 Å². The van der Waals surface area contributed by atoms with Crippen LogP contribution in [0.3, 0.4) is 0 Å². The Morgan fingerprint density at radius 3 is 2.38 bits per heavy atom. The lowest BCUT2D eigenvalue weighted by Gasteiger charge is -2.13. The Hall–Kier alpha value is -2.34. The molecule has 0 bridgehead atoms. The van der Waals surface area contributed by atoms with Gasteiger partial charge in [-0.1, -0.05) is 24.3 Å². The molecule has 1 N–H and O–H groups in total. The highest BCUT2D eigenvalue weighted by atomic mass is 32.2. The summed E-state index contributed by atoms with van der Waals surface area (Å²) in [5, 5.41) is 9.20. The molecule has 110 valence electrons. The molecule has 0 aliphatic carbocycles. The van der Waals surface area contributed by atoms with Crippen molar-refractivity contribution < 1.29 is 23.1 Å². The lowest BCUT2D eigenvalue weighted by atomic mass is 10.1. The van der Waals surface area contributed by atoms with Crippen LogP contribution in [0, 0.1) is 6.92 Å². The van der Waals surface area contributed by atoms with Gasteiger partial charge in [-0.05, 0) is 30.7 Å². The van der Waals surface area contributed by atoms with Crippen LogP contribution in [0.5, 0.6) is 11.5 Å². The van der Waals surface area contributed by atoms with Crippen molar-refractivity contribution >= 4 is 15.8 Å². The Morgan fingerprint density at radius 1 is 1.10 bits per heavy atom. The number of aromatic carboxylic acids is 1. The minimum Gasteiger partial charge on any atom is -0.478 e. The van der Waals surface area contributed by atoms with E-state index in [1.165, 1.54) is 18.2 Å². The molecule has 21 heavy (non-hydrogen) atoms. The molecule has 6 heteroatoms. The Morgan fingerprint density at radius 2 is 1.76 bits per heavy atom. The zero-order chi connectivity index (χ0) is 15.6. The fraction of sp³-hybridized carbons (Fsp3) is 0.133. The summed E-state index contributed by atoms with van der Waals surface area (Å²) < 4.78 is 29.1. The summed E-state index contributed by atoms with van der Waals surface area (Å²) in [5.74, 6) is -0.886. The summed E-state index contributed by atoms with van der Waals surface area (Å²) in [6.45, 7) is 1.70. The fourth-order valence-corrected chi connectivity index (χ4v) is 2.71. The normalized spacial score (nSPS) is 11.1. The third-order valence-corrected chi connectivity index (χ3v) is 4.04. The van der Waals surface area contributed by atoms with Gasteiger partial charge in [0.05, 0.1) is 0 Å². The average molecular weight is 306 g/mol. The molecule has 0 saturated heterocycles. The summed E-state index contributed by atoms with van der Waals surface area (Å²) in [6, 6.07) is 10.8. The van der Waals surface area contributed by atoms with E-state index in [0.717, 1.165) is 6.26 Å². The van der Waals surface area contributed by atoms with Crippen molar-refractivity contribution in [2.24, 2.45) is 0 Å². The van der Waals surface area contributed by atoms with Gasteiger partial charge in [-0.25, -0.2) is 13.2 Å². The van der Waals surface area contributed by atoms with Gasteiger partial charge >= 0.3 is 5.97 Å². The van der Waals surface area contributed by atoms with Gasteiger partial charge in [0.1, 0.15) is 22.0 Å². The minimum absolute atomic E-state index is 0.0155. The molecule has 5 nitrogen and oxygen atoms in total. The van der Waals surface area contributed by atoms with E-state index in [0.29, 0.717) is 5.56 Å². The molecular formula is C15H14O5S. The fourth-order valence-electron chi connectivity index (χ4n) is 1.91. The van der Waals surface area contributed by atoms with Crippen molar-refractivity contribution in [1.82, 2.24) is 0 Å². The van der Waals surface area contributed by atoms with Gasteiger partial charge in [-0.2, -0.15) is 0 Å². The molecule has 0 aliphatic heterocycles.